The molecule has 0 saturated carbocycles. The second-order valence-corrected chi connectivity index (χ2v) is 5.59. The molecule has 24 heavy (non-hydrogen) atoms. The lowest BCUT2D eigenvalue weighted by atomic mass is 10.1. The van der Waals surface area contributed by atoms with Gasteiger partial charge in [0.2, 0.25) is 0 Å². The van der Waals surface area contributed by atoms with Crippen molar-refractivity contribution in [2.75, 3.05) is 6.61 Å². The van der Waals surface area contributed by atoms with E-state index in [-0.39, 0.29) is 18.4 Å². The van der Waals surface area contributed by atoms with Gasteiger partial charge in [0, 0.05) is 5.02 Å². The van der Waals surface area contributed by atoms with Crippen LogP contribution in [0, 0.1) is 0 Å². The first kappa shape index (κ1) is 18.1. The summed E-state index contributed by atoms with van der Waals surface area (Å²) in [4.78, 5) is 11.9. The topological polar surface area (TPSA) is 38.3 Å². The first-order valence-corrected chi connectivity index (χ1v) is 7.48. The molecule has 2 aromatic carbocycles. The molecule has 0 radical (unpaired) electrons. The van der Waals surface area contributed by atoms with Gasteiger partial charge in [0.25, 0.3) is 5.91 Å². The predicted molar refractivity (Wildman–Crippen MR) is 84.9 cm³/mol. The number of carbonyl (C=O) groups is 1. The van der Waals surface area contributed by atoms with Crippen molar-refractivity contribution in [1.29, 1.82) is 0 Å². The largest absolute Gasteiger partial charge is 0.484 e. The molecule has 0 aliphatic carbocycles. The lowest BCUT2D eigenvalue weighted by Gasteiger charge is -2.15. The summed E-state index contributed by atoms with van der Waals surface area (Å²) in [5, 5.41) is 3.29. The zero-order chi connectivity index (χ0) is 17.7. The number of hydrogen-bond donors (Lipinski definition) is 1. The van der Waals surface area contributed by atoms with Crippen LogP contribution in [0.15, 0.2) is 48.5 Å². The number of carbonyl (C=O) groups excluding carboxylic acids is 1. The molecule has 128 valence electrons. The summed E-state index contributed by atoms with van der Waals surface area (Å²) < 4.78 is 43.0. The fourth-order valence-corrected chi connectivity index (χ4v) is 2.16. The van der Waals surface area contributed by atoms with Gasteiger partial charge >= 0.3 is 6.18 Å². The molecule has 0 bridgehead atoms. The van der Waals surface area contributed by atoms with E-state index in [2.05, 4.69) is 5.32 Å². The minimum absolute atomic E-state index is 0.0147. The van der Waals surface area contributed by atoms with Gasteiger partial charge in [0.05, 0.1) is 11.6 Å². The Kier molecular flexibility index (Phi) is 5.72. The second-order valence-electron chi connectivity index (χ2n) is 5.16. The molecule has 1 N–H and O–H groups in total. The van der Waals surface area contributed by atoms with Crippen LogP contribution in [0.3, 0.4) is 0 Å². The smallest absolute Gasteiger partial charge is 0.416 e. The summed E-state index contributed by atoms with van der Waals surface area (Å²) in [6.07, 6.45) is -4.45. The van der Waals surface area contributed by atoms with Crippen molar-refractivity contribution in [2.24, 2.45) is 0 Å². The first-order valence-electron chi connectivity index (χ1n) is 7.10. The number of ether oxygens (including phenoxy) is 1. The van der Waals surface area contributed by atoms with Crippen molar-refractivity contribution in [3.8, 4) is 5.75 Å². The van der Waals surface area contributed by atoms with E-state index in [1.54, 1.807) is 31.2 Å². The molecular formula is C17H15ClF3NO2. The fraction of sp³-hybridized carbons (Fsp3) is 0.235. The van der Waals surface area contributed by atoms with E-state index >= 15 is 0 Å². The maximum Gasteiger partial charge on any atom is 0.416 e. The highest BCUT2D eigenvalue weighted by atomic mass is 35.5. The van der Waals surface area contributed by atoms with Gasteiger partial charge < -0.3 is 10.1 Å². The van der Waals surface area contributed by atoms with Crippen molar-refractivity contribution in [3.05, 3.63) is 64.7 Å². The van der Waals surface area contributed by atoms with Crippen molar-refractivity contribution < 1.29 is 22.7 Å². The monoisotopic (exact) mass is 357 g/mol. The van der Waals surface area contributed by atoms with E-state index < -0.39 is 17.6 Å². The number of benzene rings is 2. The number of hydrogen-bond acceptors (Lipinski definition) is 2. The summed E-state index contributed by atoms with van der Waals surface area (Å²) in [5.41, 5.74) is 0.0294. The molecule has 0 aliphatic heterocycles. The molecular weight excluding hydrogens is 343 g/mol. The van der Waals surface area contributed by atoms with Gasteiger partial charge in [0.1, 0.15) is 5.75 Å². The summed E-state index contributed by atoms with van der Waals surface area (Å²) >= 11 is 5.80. The lowest BCUT2D eigenvalue weighted by molar-refractivity contribution is -0.137. The van der Waals surface area contributed by atoms with Gasteiger partial charge in [-0.15, -0.1) is 0 Å². The van der Waals surface area contributed by atoms with E-state index in [9.17, 15) is 18.0 Å². The van der Waals surface area contributed by atoms with Gasteiger partial charge in [-0.3, -0.25) is 4.79 Å². The molecule has 0 heterocycles. The maximum absolute atomic E-state index is 12.6. The third-order valence-electron chi connectivity index (χ3n) is 3.28. The van der Waals surface area contributed by atoms with Gasteiger partial charge in [-0.1, -0.05) is 29.8 Å². The average molecular weight is 358 g/mol. The molecule has 0 aliphatic rings. The van der Waals surface area contributed by atoms with E-state index in [0.717, 1.165) is 17.7 Å². The highest BCUT2D eigenvalue weighted by molar-refractivity contribution is 6.30. The molecule has 2 rings (SSSR count). The molecule has 0 saturated heterocycles. The Morgan fingerprint density at radius 2 is 1.88 bits per heavy atom. The third kappa shape index (κ3) is 5.16. The normalized spacial score (nSPS) is 12.5. The summed E-state index contributed by atoms with van der Waals surface area (Å²) in [6.45, 7) is 1.41. The lowest BCUT2D eigenvalue weighted by Crippen LogP contribution is -2.31. The van der Waals surface area contributed by atoms with Gasteiger partial charge in [-0.25, -0.2) is 0 Å². The quantitative estimate of drug-likeness (QED) is 0.848. The van der Waals surface area contributed by atoms with Crippen molar-refractivity contribution >= 4 is 17.5 Å². The molecule has 0 unspecified atom stereocenters. The van der Waals surface area contributed by atoms with E-state index in [1.165, 1.54) is 12.1 Å². The van der Waals surface area contributed by atoms with Gasteiger partial charge in [-0.05, 0) is 42.8 Å². The van der Waals surface area contributed by atoms with E-state index in [1.807, 2.05) is 0 Å². The minimum atomic E-state index is -4.45. The Bertz CT molecular complexity index is 702. The van der Waals surface area contributed by atoms with Crippen LogP contribution in [0.25, 0.3) is 0 Å². The van der Waals surface area contributed by atoms with Crippen molar-refractivity contribution in [3.63, 3.8) is 0 Å². The van der Waals surface area contributed by atoms with Gasteiger partial charge in [-0.2, -0.15) is 13.2 Å². The Labute approximate surface area is 142 Å². The zero-order valence-corrected chi connectivity index (χ0v) is 13.5. The fourth-order valence-electron chi connectivity index (χ4n) is 2.03. The first-order chi connectivity index (χ1) is 11.3. The number of halogens is 4. The Hall–Kier alpha value is -2.21. The highest BCUT2D eigenvalue weighted by Gasteiger charge is 2.30. The molecule has 1 amide bonds. The van der Waals surface area contributed by atoms with Crippen molar-refractivity contribution in [1.82, 2.24) is 5.32 Å². The molecule has 3 nitrogen and oxygen atoms in total. The van der Waals surface area contributed by atoms with Crippen LogP contribution >= 0.6 is 11.6 Å². The minimum Gasteiger partial charge on any atom is -0.484 e. The highest BCUT2D eigenvalue weighted by Crippen LogP contribution is 2.31. The summed E-state index contributed by atoms with van der Waals surface area (Å²) in [5.74, 6) is -0.450. The van der Waals surface area contributed by atoms with Crippen LogP contribution in [0.2, 0.25) is 5.02 Å². The van der Waals surface area contributed by atoms with E-state index in [4.69, 9.17) is 16.3 Å². The van der Waals surface area contributed by atoms with Crippen LogP contribution in [0.4, 0.5) is 13.2 Å². The Balaban J connectivity index is 1.90. The number of amides is 1. The second kappa shape index (κ2) is 7.57. The van der Waals surface area contributed by atoms with Crippen LogP contribution in [-0.2, 0) is 11.0 Å². The standard InChI is InChI=1S/C17H15ClF3NO2/c1-11(12-5-7-14(18)8-6-12)22-16(23)10-24-15-4-2-3-13(9-15)17(19,20)21/h2-9,11H,10H2,1H3,(H,22,23)/t11-/m1/s1. The molecule has 0 spiro atoms. The van der Waals surface area contributed by atoms with Crippen molar-refractivity contribution in [2.45, 2.75) is 19.1 Å². The number of alkyl halides is 3. The number of nitrogens with one attached hydrogen (secondary N) is 1. The molecule has 7 heteroatoms. The number of rotatable bonds is 5. The molecule has 1 atom stereocenters. The van der Waals surface area contributed by atoms with Crippen LogP contribution in [0.1, 0.15) is 24.1 Å². The van der Waals surface area contributed by atoms with Gasteiger partial charge in [0.15, 0.2) is 6.61 Å². The third-order valence-corrected chi connectivity index (χ3v) is 3.53. The molecule has 0 aromatic heterocycles. The van der Waals surface area contributed by atoms with E-state index in [0.29, 0.717) is 5.02 Å². The SMILES string of the molecule is C[C@@H](NC(=O)COc1cccc(C(F)(F)F)c1)c1ccc(Cl)cc1. The zero-order valence-electron chi connectivity index (χ0n) is 12.7. The summed E-state index contributed by atoms with van der Waals surface area (Å²) in [7, 11) is 0. The maximum atomic E-state index is 12.6. The summed E-state index contributed by atoms with van der Waals surface area (Å²) in [6, 6.07) is 11.1. The molecule has 2 aromatic rings. The van der Waals surface area contributed by atoms with Crippen LogP contribution in [0.5, 0.6) is 5.75 Å². The average Bonchev–Trinajstić information content (AvgIpc) is 2.53. The Morgan fingerprint density at radius 1 is 1.21 bits per heavy atom. The predicted octanol–water partition coefficient (Wildman–Crippen LogP) is 4.62. The Morgan fingerprint density at radius 3 is 2.50 bits per heavy atom. The van der Waals surface area contributed by atoms with Crippen LogP contribution < -0.4 is 10.1 Å². The molecule has 0 fully saturated rings. The van der Waals surface area contributed by atoms with Crippen LogP contribution in [-0.4, -0.2) is 12.5 Å².